The third-order valence-corrected chi connectivity index (χ3v) is 2.05. The maximum Gasteiger partial charge on any atom is 0.252 e. The third-order valence-electron chi connectivity index (χ3n) is 1.76. The fourth-order valence-electron chi connectivity index (χ4n) is 1.19. The van der Waals surface area contributed by atoms with Crippen LogP contribution in [0.3, 0.4) is 0 Å². The summed E-state index contributed by atoms with van der Waals surface area (Å²) in [7, 11) is 0. The molecule has 0 spiro atoms. The van der Waals surface area contributed by atoms with E-state index in [2.05, 4.69) is 9.97 Å². The summed E-state index contributed by atoms with van der Waals surface area (Å²) in [4.78, 5) is 16.7. The molecule has 6 heteroatoms. The fraction of sp³-hybridized carbons (Fsp3) is 0. The third kappa shape index (κ3) is 1.22. The average Bonchev–Trinajstić information content (AvgIpc) is 2.10. The molecule has 0 aliphatic heterocycles. The molecule has 4 nitrogen and oxygen atoms in total. The summed E-state index contributed by atoms with van der Waals surface area (Å²) in [6.07, 6.45) is 0.878. The van der Waals surface area contributed by atoms with Gasteiger partial charge in [-0.25, -0.2) is 9.37 Å². The van der Waals surface area contributed by atoms with Crippen molar-refractivity contribution in [3.05, 3.63) is 33.6 Å². The number of halogens is 2. The number of nitrogens with zero attached hydrogens (tertiary/aromatic N) is 1. The number of hydrogen-bond acceptors (Lipinski definition) is 3. The molecule has 2 N–H and O–H groups in total. The molecular formula is C8H4ClFN2O2. The molecule has 0 unspecified atom stereocenters. The highest BCUT2D eigenvalue weighted by Crippen LogP contribution is 2.27. The van der Waals surface area contributed by atoms with Crippen LogP contribution in [-0.2, 0) is 0 Å². The van der Waals surface area contributed by atoms with E-state index in [0.717, 1.165) is 12.3 Å². The first-order valence-corrected chi connectivity index (χ1v) is 4.03. The van der Waals surface area contributed by atoms with Crippen molar-refractivity contribution in [1.82, 2.24) is 9.97 Å². The van der Waals surface area contributed by atoms with E-state index in [1.807, 2.05) is 0 Å². The number of fused-ring (bicyclic) bond motifs is 1. The molecule has 0 aliphatic carbocycles. The standard InChI is InChI=1S/C8H4ClFN2O2/c9-8-7-6(3(10)2-11-8)4(13)1-5(14)12-7/h1-2H,(H2,12,13,14). The van der Waals surface area contributed by atoms with Crippen LogP contribution in [0, 0.1) is 5.82 Å². The highest BCUT2D eigenvalue weighted by Gasteiger charge is 2.11. The Balaban J connectivity index is 3.07. The molecule has 0 saturated heterocycles. The lowest BCUT2D eigenvalue weighted by atomic mass is 10.2. The van der Waals surface area contributed by atoms with E-state index in [9.17, 15) is 14.3 Å². The maximum atomic E-state index is 13.2. The van der Waals surface area contributed by atoms with Crippen LogP contribution in [0.4, 0.5) is 4.39 Å². The van der Waals surface area contributed by atoms with Crippen LogP contribution in [0.15, 0.2) is 17.1 Å². The van der Waals surface area contributed by atoms with Crippen LogP contribution in [0.2, 0.25) is 5.15 Å². The van der Waals surface area contributed by atoms with Gasteiger partial charge in [-0.15, -0.1) is 0 Å². The van der Waals surface area contributed by atoms with Crippen LogP contribution >= 0.6 is 11.6 Å². The van der Waals surface area contributed by atoms with Crippen molar-refractivity contribution in [3.8, 4) is 5.75 Å². The first kappa shape index (κ1) is 8.96. The second-order valence-electron chi connectivity index (χ2n) is 2.67. The minimum atomic E-state index is -0.738. The summed E-state index contributed by atoms with van der Waals surface area (Å²) in [5.74, 6) is -1.19. The van der Waals surface area contributed by atoms with E-state index in [0.29, 0.717) is 0 Å². The molecule has 0 fully saturated rings. The summed E-state index contributed by atoms with van der Waals surface area (Å²) in [5, 5.41) is 9.12. The zero-order chi connectivity index (χ0) is 10.3. The Labute approximate surface area is 82.0 Å². The maximum absolute atomic E-state index is 13.2. The molecule has 2 heterocycles. The van der Waals surface area contributed by atoms with Gasteiger partial charge in [0.25, 0.3) is 5.56 Å². The van der Waals surface area contributed by atoms with E-state index >= 15 is 0 Å². The average molecular weight is 215 g/mol. The first-order valence-electron chi connectivity index (χ1n) is 3.65. The molecule has 2 rings (SSSR count). The summed E-state index contributed by atoms with van der Waals surface area (Å²) in [6.45, 7) is 0. The number of hydrogen-bond donors (Lipinski definition) is 2. The Morgan fingerprint density at radius 1 is 1.57 bits per heavy atom. The smallest absolute Gasteiger partial charge is 0.252 e. The molecule has 0 saturated carbocycles. The van der Waals surface area contributed by atoms with Crippen LogP contribution < -0.4 is 5.56 Å². The SMILES string of the molecule is O=c1cc(O)c2c(F)cnc(Cl)c2[nH]1. The Morgan fingerprint density at radius 2 is 2.29 bits per heavy atom. The second kappa shape index (κ2) is 2.95. The van der Waals surface area contributed by atoms with Crippen LogP contribution in [0.5, 0.6) is 5.75 Å². The predicted octanol–water partition coefficient (Wildman–Crippen LogP) is 1.42. The molecule has 2 aromatic heterocycles. The minimum Gasteiger partial charge on any atom is -0.507 e. The van der Waals surface area contributed by atoms with E-state index in [4.69, 9.17) is 11.6 Å². The predicted molar refractivity (Wildman–Crippen MR) is 49.0 cm³/mol. The Kier molecular flexibility index (Phi) is 1.89. The minimum absolute atomic E-state index is 0.00309. The molecule has 0 aliphatic rings. The van der Waals surface area contributed by atoms with Gasteiger partial charge in [0, 0.05) is 6.07 Å². The Bertz CT molecular complexity index is 567. The molecule has 2 aromatic rings. The summed E-state index contributed by atoms with van der Waals surface area (Å²) in [5.41, 5.74) is -0.569. The number of pyridine rings is 2. The van der Waals surface area contributed by atoms with Crippen molar-refractivity contribution in [1.29, 1.82) is 0 Å². The molecule has 0 bridgehead atoms. The summed E-state index contributed by atoms with van der Waals surface area (Å²) >= 11 is 5.61. The summed E-state index contributed by atoms with van der Waals surface area (Å²) in [6, 6.07) is 0.877. The van der Waals surface area contributed by atoms with Crippen molar-refractivity contribution in [3.63, 3.8) is 0 Å². The largest absolute Gasteiger partial charge is 0.507 e. The van der Waals surface area contributed by atoms with Crippen molar-refractivity contribution >= 4 is 22.5 Å². The zero-order valence-corrected chi connectivity index (χ0v) is 7.47. The Morgan fingerprint density at radius 3 is 3.00 bits per heavy atom. The lowest BCUT2D eigenvalue weighted by molar-refractivity contribution is 0.477. The highest BCUT2D eigenvalue weighted by molar-refractivity contribution is 6.33. The van der Waals surface area contributed by atoms with Crippen molar-refractivity contribution in [2.24, 2.45) is 0 Å². The topological polar surface area (TPSA) is 66.0 Å². The summed E-state index contributed by atoms with van der Waals surface area (Å²) < 4.78 is 13.2. The number of aromatic nitrogens is 2. The normalized spacial score (nSPS) is 10.7. The lowest BCUT2D eigenvalue weighted by Gasteiger charge is -2.02. The van der Waals surface area contributed by atoms with E-state index < -0.39 is 17.1 Å². The number of aromatic hydroxyl groups is 1. The van der Waals surface area contributed by atoms with Crippen molar-refractivity contribution < 1.29 is 9.50 Å². The van der Waals surface area contributed by atoms with Crippen LogP contribution in [0.1, 0.15) is 0 Å². The van der Waals surface area contributed by atoms with Gasteiger partial charge >= 0.3 is 0 Å². The fourth-order valence-corrected chi connectivity index (χ4v) is 1.38. The number of rotatable bonds is 0. The Hall–Kier alpha value is -1.62. The van der Waals surface area contributed by atoms with Gasteiger partial charge in [-0.1, -0.05) is 11.6 Å². The van der Waals surface area contributed by atoms with E-state index in [1.54, 1.807) is 0 Å². The molecule has 0 amide bonds. The van der Waals surface area contributed by atoms with Gasteiger partial charge in [0.05, 0.1) is 17.1 Å². The van der Waals surface area contributed by atoms with Gasteiger partial charge in [0.15, 0.2) is 11.0 Å². The number of nitrogens with one attached hydrogen (secondary N) is 1. The molecule has 0 atom stereocenters. The lowest BCUT2D eigenvalue weighted by Crippen LogP contribution is -2.04. The molecule has 0 aromatic carbocycles. The van der Waals surface area contributed by atoms with Gasteiger partial charge in [-0.3, -0.25) is 4.79 Å². The molecular weight excluding hydrogens is 211 g/mol. The quantitative estimate of drug-likeness (QED) is 0.652. The molecule has 14 heavy (non-hydrogen) atoms. The van der Waals surface area contributed by atoms with Gasteiger partial charge < -0.3 is 10.1 Å². The van der Waals surface area contributed by atoms with E-state index in [-0.39, 0.29) is 16.1 Å². The first-order chi connectivity index (χ1) is 6.59. The molecule has 72 valence electrons. The molecule has 0 radical (unpaired) electrons. The van der Waals surface area contributed by atoms with Gasteiger partial charge in [-0.05, 0) is 0 Å². The van der Waals surface area contributed by atoms with E-state index in [1.165, 1.54) is 0 Å². The zero-order valence-electron chi connectivity index (χ0n) is 6.71. The van der Waals surface area contributed by atoms with Crippen LogP contribution in [-0.4, -0.2) is 15.1 Å². The van der Waals surface area contributed by atoms with Crippen molar-refractivity contribution in [2.45, 2.75) is 0 Å². The van der Waals surface area contributed by atoms with Gasteiger partial charge in [0.1, 0.15) is 5.75 Å². The van der Waals surface area contributed by atoms with Crippen LogP contribution in [0.25, 0.3) is 10.9 Å². The van der Waals surface area contributed by atoms with Crippen molar-refractivity contribution in [2.75, 3.05) is 0 Å². The number of aromatic amines is 1. The second-order valence-corrected chi connectivity index (χ2v) is 3.02. The van der Waals surface area contributed by atoms with Gasteiger partial charge in [-0.2, -0.15) is 0 Å². The monoisotopic (exact) mass is 214 g/mol. The number of H-pyrrole nitrogens is 1. The van der Waals surface area contributed by atoms with Gasteiger partial charge in [0.2, 0.25) is 0 Å². The highest BCUT2D eigenvalue weighted by atomic mass is 35.5.